The van der Waals surface area contributed by atoms with Crippen LogP contribution in [0.1, 0.15) is 16.8 Å². The fraction of sp³-hybridized carbons (Fsp3) is 0.250. The molecule has 2 aliphatic heterocycles. The zero-order valence-electron chi connectivity index (χ0n) is 15.8. The maximum Gasteiger partial charge on any atom is 0.340 e. The number of anilines is 1. The SMILES string of the molecule is COC(=O)C1=C(N)Oc2cc(C)n(CCO)c(=O)c2[C@]12C(=O)Nc1ccccc12. The largest absolute Gasteiger partial charge is 0.465 e. The number of amides is 1. The van der Waals surface area contributed by atoms with Gasteiger partial charge in [-0.1, -0.05) is 18.2 Å². The second-order valence-corrected chi connectivity index (χ2v) is 6.79. The molecule has 0 aliphatic carbocycles. The van der Waals surface area contributed by atoms with Crippen LogP contribution in [0, 0.1) is 6.92 Å². The predicted molar refractivity (Wildman–Crippen MR) is 102 cm³/mol. The minimum absolute atomic E-state index is 0.0179. The topological polar surface area (TPSA) is 133 Å². The third kappa shape index (κ3) is 2.34. The molecule has 9 nitrogen and oxygen atoms in total. The smallest absolute Gasteiger partial charge is 0.340 e. The molecule has 0 bridgehead atoms. The Balaban J connectivity index is 2.19. The highest BCUT2D eigenvalue weighted by Crippen LogP contribution is 2.52. The number of aliphatic hydroxyl groups is 1. The summed E-state index contributed by atoms with van der Waals surface area (Å²) in [7, 11) is 1.16. The van der Waals surface area contributed by atoms with E-state index in [4.69, 9.17) is 15.2 Å². The van der Waals surface area contributed by atoms with Gasteiger partial charge in [0.25, 0.3) is 5.56 Å². The normalized spacial score (nSPS) is 19.5. The Morgan fingerprint density at radius 1 is 1.34 bits per heavy atom. The van der Waals surface area contributed by atoms with E-state index in [1.165, 1.54) is 4.57 Å². The molecule has 4 rings (SSSR count). The number of nitrogens with one attached hydrogen (secondary N) is 1. The fourth-order valence-electron chi connectivity index (χ4n) is 4.13. The van der Waals surface area contributed by atoms with Crippen LogP contribution in [0.2, 0.25) is 0 Å². The lowest BCUT2D eigenvalue weighted by atomic mass is 9.68. The highest BCUT2D eigenvalue weighted by atomic mass is 16.5. The molecule has 0 fully saturated rings. The van der Waals surface area contributed by atoms with E-state index in [2.05, 4.69) is 5.32 Å². The first-order valence-corrected chi connectivity index (χ1v) is 8.91. The molecule has 1 spiro atoms. The molecule has 4 N–H and O–H groups in total. The number of pyridine rings is 1. The van der Waals surface area contributed by atoms with Crippen LogP contribution in [0.3, 0.4) is 0 Å². The van der Waals surface area contributed by atoms with Crippen LogP contribution in [0.4, 0.5) is 5.69 Å². The van der Waals surface area contributed by atoms with Gasteiger partial charge in [0.1, 0.15) is 16.7 Å². The lowest BCUT2D eigenvalue weighted by molar-refractivity contribution is -0.138. The Morgan fingerprint density at radius 3 is 2.76 bits per heavy atom. The highest BCUT2D eigenvalue weighted by molar-refractivity contribution is 6.17. The number of carbonyl (C=O) groups is 2. The molecule has 1 aromatic heterocycles. The molecule has 0 unspecified atom stereocenters. The summed E-state index contributed by atoms with van der Waals surface area (Å²) in [5, 5.41) is 12.1. The number of hydrogen-bond donors (Lipinski definition) is 3. The Bertz CT molecular complexity index is 1150. The maximum absolute atomic E-state index is 13.5. The molecular weight excluding hydrogens is 378 g/mol. The number of hydrogen-bond acceptors (Lipinski definition) is 7. The molecule has 1 amide bonds. The number of carbonyl (C=O) groups excluding carboxylic acids is 2. The number of nitrogens with two attached hydrogens (primary N) is 1. The predicted octanol–water partition coefficient (Wildman–Crippen LogP) is 0.123. The molecule has 0 radical (unpaired) electrons. The Hall–Kier alpha value is -3.59. The van der Waals surface area contributed by atoms with Crippen LogP contribution >= 0.6 is 0 Å². The number of rotatable bonds is 3. The number of esters is 1. The average Bonchev–Trinajstić information content (AvgIpc) is 2.97. The molecule has 3 heterocycles. The molecule has 0 saturated carbocycles. The second-order valence-electron chi connectivity index (χ2n) is 6.79. The van der Waals surface area contributed by atoms with Crippen molar-refractivity contribution in [3.05, 3.63) is 69.0 Å². The van der Waals surface area contributed by atoms with Crippen molar-refractivity contribution in [3.8, 4) is 5.75 Å². The first-order chi connectivity index (χ1) is 13.9. The van der Waals surface area contributed by atoms with Crippen molar-refractivity contribution in [1.29, 1.82) is 0 Å². The van der Waals surface area contributed by atoms with Crippen molar-refractivity contribution in [2.75, 3.05) is 19.0 Å². The molecule has 9 heteroatoms. The first kappa shape index (κ1) is 18.8. The molecular formula is C20H19N3O6. The van der Waals surface area contributed by atoms with Crippen molar-refractivity contribution in [1.82, 2.24) is 4.57 Å². The quantitative estimate of drug-likeness (QED) is 0.627. The molecule has 1 atom stereocenters. The van der Waals surface area contributed by atoms with Crippen molar-refractivity contribution >= 4 is 17.6 Å². The van der Waals surface area contributed by atoms with Crippen LogP contribution in [0.5, 0.6) is 5.75 Å². The number of ether oxygens (including phenoxy) is 2. The second kappa shape index (κ2) is 6.49. The Morgan fingerprint density at radius 2 is 2.07 bits per heavy atom. The number of nitrogens with zero attached hydrogens (tertiary/aromatic N) is 1. The van der Waals surface area contributed by atoms with Crippen LogP contribution in [-0.2, 0) is 26.3 Å². The number of aliphatic hydroxyl groups excluding tert-OH is 1. The third-order valence-corrected chi connectivity index (χ3v) is 5.32. The minimum atomic E-state index is -1.83. The lowest BCUT2D eigenvalue weighted by Gasteiger charge is -2.35. The van der Waals surface area contributed by atoms with E-state index in [0.29, 0.717) is 16.9 Å². The van der Waals surface area contributed by atoms with E-state index in [1.807, 2.05) is 0 Å². The number of methoxy groups -OCH3 is 1. The van der Waals surface area contributed by atoms with E-state index < -0.39 is 22.9 Å². The van der Waals surface area contributed by atoms with Gasteiger partial charge in [-0.15, -0.1) is 0 Å². The van der Waals surface area contributed by atoms with E-state index in [1.54, 1.807) is 37.3 Å². The summed E-state index contributed by atoms with van der Waals surface area (Å²) in [4.78, 5) is 39.6. The number of aromatic nitrogens is 1. The number of aryl methyl sites for hydroxylation is 1. The average molecular weight is 397 g/mol. The summed E-state index contributed by atoms with van der Waals surface area (Å²) >= 11 is 0. The Kier molecular flexibility index (Phi) is 4.20. The number of benzene rings is 1. The van der Waals surface area contributed by atoms with Gasteiger partial charge in [0.15, 0.2) is 0 Å². The molecule has 2 aromatic rings. The van der Waals surface area contributed by atoms with Crippen LogP contribution in [0.25, 0.3) is 0 Å². The summed E-state index contributed by atoms with van der Waals surface area (Å²) in [5.74, 6) is -1.72. The fourth-order valence-corrected chi connectivity index (χ4v) is 4.13. The highest BCUT2D eigenvalue weighted by Gasteiger charge is 2.60. The van der Waals surface area contributed by atoms with Gasteiger partial charge >= 0.3 is 5.97 Å². The number of para-hydroxylation sites is 1. The summed E-state index contributed by atoms with van der Waals surface area (Å²) in [6, 6.07) is 8.30. The lowest BCUT2D eigenvalue weighted by Crippen LogP contribution is -2.50. The van der Waals surface area contributed by atoms with Crippen LogP contribution in [0.15, 0.2) is 46.6 Å². The summed E-state index contributed by atoms with van der Waals surface area (Å²) < 4.78 is 11.8. The van der Waals surface area contributed by atoms with E-state index in [0.717, 1.165) is 7.11 Å². The first-order valence-electron chi connectivity index (χ1n) is 8.91. The van der Waals surface area contributed by atoms with Gasteiger partial charge < -0.3 is 30.2 Å². The van der Waals surface area contributed by atoms with Gasteiger partial charge in [-0.25, -0.2) is 4.79 Å². The van der Waals surface area contributed by atoms with Crippen molar-refractivity contribution in [2.24, 2.45) is 5.73 Å². The standard InChI is InChI=1S/C20H19N3O6/c1-10-9-13-14(17(25)23(10)7-8-24)20(15(16(21)29-13)18(26)28-2)11-5-3-4-6-12(11)22-19(20)27/h3-6,9,24H,7-8,21H2,1-2H3,(H,22,27)/t20-/m0/s1. The van der Waals surface area contributed by atoms with Gasteiger partial charge in [0.2, 0.25) is 11.8 Å². The molecule has 150 valence electrons. The zero-order chi connectivity index (χ0) is 20.9. The maximum atomic E-state index is 13.5. The summed E-state index contributed by atoms with van der Waals surface area (Å²) in [5.41, 5.74) is 4.74. The van der Waals surface area contributed by atoms with Gasteiger partial charge in [-0.05, 0) is 13.0 Å². The van der Waals surface area contributed by atoms with Crippen molar-refractivity contribution in [3.63, 3.8) is 0 Å². The molecule has 29 heavy (non-hydrogen) atoms. The Labute approximate surface area is 165 Å². The zero-order valence-corrected chi connectivity index (χ0v) is 15.8. The van der Waals surface area contributed by atoms with Crippen molar-refractivity contribution < 1.29 is 24.2 Å². The monoisotopic (exact) mass is 397 g/mol. The van der Waals surface area contributed by atoms with Gasteiger partial charge in [-0.2, -0.15) is 0 Å². The van der Waals surface area contributed by atoms with Crippen LogP contribution in [-0.4, -0.2) is 35.3 Å². The molecule has 0 saturated heterocycles. The van der Waals surface area contributed by atoms with Gasteiger partial charge in [0, 0.05) is 29.6 Å². The van der Waals surface area contributed by atoms with E-state index in [-0.39, 0.29) is 35.9 Å². The summed E-state index contributed by atoms with van der Waals surface area (Å²) in [6.07, 6.45) is 0. The van der Waals surface area contributed by atoms with E-state index >= 15 is 0 Å². The summed E-state index contributed by atoms with van der Waals surface area (Å²) in [6.45, 7) is 1.41. The van der Waals surface area contributed by atoms with Gasteiger partial charge in [-0.3, -0.25) is 9.59 Å². The van der Waals surface area contributed by atoms with Crippen molar-refractivity contribution in [2.45, 2.75) is 18.9 Å². The van der Waals surface area contributed by atoms with Crippen LogP contribution < -0.4 is 21.3 Å². The molecule has 2 aliphatic rings. The minimum Gasteiger partial charge on any atom is -0.465 e. The number of fused-ring (bicyclic) bond motifs is 4. The van der Waals surface area contributed by atoms with E-state index in [9.17, 15) is 19.5 Å². The van der Waals surface area contributed by atoms with Gasteiger partial charge in [0.05, 0.1) is 19.3 Å². The molecule has 1 aromatic carbocycles. The third-order valence-electron chi connectivity index (χ3n) is 5.32.